The van der Waals surface area contributed by atoms with Gasteiger partial charge in [0.25, 0.3) is 0 Å². The van der Waals surface area contributed by atoms with Crippen molar-refractivity contribution in [1.29, 1.82) is 0 Å². The van der Waals surface area contributed by atoms with Crippen molar-refractivity contribution in [3.63, 3.8) is 0 Å². The highest BCUT2D eigenvalue weighted by Gasteiger charge is 2.34. The number of pyridine rings is 1. The normalized spacial score (nSPS) is 19.3. The third kappa shape index (κ3) is 4.23. The highest BCUT2D eigenvalue weighted by Crippen LogP contribution is 2.33. The Kier molecular flexibility index (Phi) is 4.92. The second kappa shape index (κ2) is 6.50. The van der Waals surface area contributed by atoms with E-state index in [1.807, 2.05) is 0 Å². The molecular formula is C12H14F3N3O2S. The standard InChI is InChI=1S/C12H14F3N3O2S/c13-12(14,15)11-5-9(10(7-17-11)18(19)20)16-6-8-3-1-2-4-21-8/h5,7-8H,1-4,6H2,(H,16,17). The van der Waals surface area contributed by atoms with E-state index in [1.54, 1.807) is 11.8 Å². The fourth-order valence-corrected chi connectivity index (χ4v) is 3.32. The maximum absolute atomic E-state index is 12.6. The van der Waals surface area contributed by atoms with Gasteiger partial charge in [0.2, 0.25) is 0 Å². The van der Waals surface area contributed by atoms with Crippen LogP contribution < -0.4 is 5.32 Å². The molecule has 1 N–H and O–H groups in total. The number of aromatic nitrogens is 1. The lowest BCUT2D eigenvalue weighted by molar-refractivity contribution is -0.384. The summed E-state index contributed by atoms with van der Waals surface area (Å²) in [5.41, 5.74) is -1.70. The van der Waals surface area contributed by atoms with Crippen LogP contribution in [0, 0.1) is 10.1 Å². The van der Waals surface area contributed by atoms with Gasteiger partial charge in [0.05, 0.1) is 4.92 Å². The Labute approximate surface area is 123 Å². The van der Waals surface area contributed by atoms with Crippen molar-refractivity contribution in [1.82, 2.24) is 4.98 Å². The lowest BCUT2D eigenvalue weighted by atomic mass is 10.2. The monoisotopic (exact) mass is 321 g/mol. The minimum absolute atomic E-state index is 0.131. The Balaban J connectivity index is 2.16. The highest BCUT2D eigenvalue weighted by molar-refractivity contribution is 7.99. The molecule has 116 valence electrons. The van der Waals surface area contributed by atoms with Gasteiger partial charge in [0, 0.05) is 11.8 Å². The average molecular weight is 321 g/mol. The third-order valence-corrected chi connectivity index (χ3v) is 4.56. The van der Waals surface area contributed by atoms with Crippen molar-refractivity contribution in [2.45, 2.75) is 30.7 Å². The number of thioether (sulfide) groups is 1. The number of rotatable bonds is 4. The summed E-state index contributed by atoms with van der Waals surface area (Å²) in [6.07, 6.45) is -0.798. The molecule has 1 saturated heterocycles. The van der Waals surface area contributed by atoms with Crippen molar-refractivity contribution in [3.05, 3.63) is 28.1 Å². The summed E-state index contributed by atoms with van der Waals surface area (Å²) in [6.45, 7) is 0.410. The maximum Gasteiger partial charge on any atom is 0.433 e. The molecule has 1 aliphatic rings. The molecule has 1 atom stereocenters. The zero-order valence-electron chi connectivity index (χ0n) is 11.0. The largest absolute Gasteiger partial charge is 0.433 e. The first-order chi connectivity index (χ1) is 9.88. The second-order valence-corrected chi connectivity index (χ2v) is 6.12. The number of hydrogen-bond acceptors (Lipinski definition) is 5. The first-order valence-corrected chi connectivity index (χ1v) is 7.50. The van der Waals surface area contributed by atoms with Crippen LogP contribution in [-0.2, 0) is 6.18 Å². The minimum Gasteiger partial charge on any atom is -0.378 e. The van der Waals surface area contributed by atoms with Crippen molar-refractivity contribution in [2.75, 3.05) is 17.6 Å². The number of halogens is 3. The fourth-order valence-electron chi connectivity index (χ4n) is 2.08. The molecule has 0 aliphatic carbocycles. The number of nitrogens with one attached hydrogen (secondary N) is 1. The molecular weight excluding hydrogens is 307 g/mol. The predicted molar refractivity (Wildman–Crippen MR) is 74.5 cm³/mol. The molecule has 0 saturated carbocycles. The third-order valence-electron chi connectivity index (χ3n) is 3.16. The van der Waals surface area contributed by atoms with Gasteiger partial charge in [-0.2, -0.15) is 24.9 Å². The van der Waals surface area contributed by atoms with Crippen molar-refractivity contribution in [3.8, 4) is 0 Å². The molecule has 0 bridgehead atoms. The molecule has 0 spiro atoms. The van der Waals surface area contributed by atoms with Gasteiger partial charge in [0.15, 0.2) is 0 Å². The highest BCUT2D eigenvalue weighted by atomic mass is 32.2. The topological polar surface area (TPSA) is 68.1 Å². The van der Waals surface area contributed by atoms with E-state index >= 15 is 0 Å². The van der Waals surface area contributed by atoms with Crippen LogP contribution in [0.4, 0.5) is 24.5 Å². The molecule has 1 aromatic heterocycles. The van der Waals surface area contributed by atoms with Crippen LogP contribution in [-0.4, -0.2) is 27.5 Å². The van der Waals surface area contributed by atoms with Gasteiger partial charge < -0.3 is 5.32 Å². The zero-order valence-corrected chi connectivity index (χ0v) is 11.8. The molecule has 1 unspecified atom stereocenters. The van der Waals surface area contributed by atoms with Crippen LogP contribution in [0.3, 0.4) is 0 Å². The van der Waals surface area contributed by atoms with E-state index in [0.717, 1.165) is 25.0 Å². The Morgan fingerprint density at radius 2 is 2.24 bits per heavy atom. The van der Waals surface area contributed by atoms with Gasteiger partial charge in [-0.3, -0.25) is 10.1 Å². The molecule has 2 heterocycles. The van der Waals surface area contributed by atoms with Gasteiger partial charge >= 0.3 is 11.9 Å². The van der Waals surface area contributed by atoms with E-state index in [9.17, 15) is 23.3 Å². The zero-order chi connectivity index (χ0) is 15.5. The summed E-state index contributed by atoms with van der Waals surface area (Å²) < 4.78 is 37.9. The van der Waals surface area contributed by atoms with Gasteiger partial charge in [0.1, 0.15) is 17.6 Å². The van der Waals surface area contributed by atoms with E-state index in [-0.39, 0.29) is 10.9 Å². The van der Waals surface area contributed by atoms with E-state index in [0.29, 0.717) is 18.8 Å². The van der Waals surface area contributed by atoms with Crippen LogP contribution in [0.15, 0.2) is 12.3 Å². The summed E-state index contributed by atoms with van der Waals surface area (Å²) in [4.78, 5) is 13.3. The Morgan fingerprint density at radius 1 is 1.48 bits per heavy atom. The second-order valence-electron chi connectivity index (χ2n) is 4.71. The Bertz CT molecular complexity index is 519. The van der Waals surface area contributed by atoms with E-state index in [2.05, 4.69) is 10.3 Å². The Hall–Kier alpha value is -1.51. The molecule has 5 nitrogen and oxygen atoms in total. The quantitative estimate of drug-likeness (QED) is 0.676. The summed E-state index contributed by atoms with van der Waals surface area (Å²) in [5.74, 6) is 1.01. The molecule has 2 rings (SSSR count). The lowest BCUT2D eigenvalue weighted by Crippen LogP contribution is -2.21. The van der Waals surface area contributed by atoms with Crippen LogP contribution in [0.1, 0.15) is 25.0 Å². The van der Waals surface area contributed by atoms with E-state index < -0.39 is 22.5 Å². The summed E-state index contributed by atoms with van der Waals surface area (Å²) in [7, 11) is 0. The van der Waals surface area contributed by atoms with Gasteiger partial charge in [-0.05, 0) is 24.7 Å². The Morgan fingerprint density at radius 3 is 2.81 bits per heavy atom. The fraction of sp³-hybridized carbons (Fsp3) is 0.583. The molecule has 0 aromatic carbocycles. The summed E-state index contributed by atoms with van der Waals surface area (Å²) in [5, 5.41) is 13.9. The predicted octanol–water partition coefficient (Wildman–Crippen LogP) is 3.71. The maximum atomic E-state index is 12.6. The minimum atomic E-state index is -4.62. The van der Waals surface area contributed by atoms with E-state index in [4.69, 9.17) is 0 Å². The molecule has 1 aliphatic heterocycles. The SMILES string of the molecule is O=[N+]([O-])c1cnc(C(F)(F)F)cc1NCC1CCCCS1. The van der Waals surface area contributed by atoms with Gasteiger partial charge in [-0.15, -0.1) is 0 Å². The number of nitrogens with zero attached hydrogens (tertiary/aromatic N) is 2. The van der Waals surface area contributed by atoms with Gasteiger partial charge in [-0.25, -0.2) is 4.98 Å². The number of hydrogen-bond donors (Lipinski definition) is 1. The molecule has 9 heteroatoms. The van der Waals surface area contributed by atoms with Crippen LogP contribution in [0.25, 0.3) is 0 Å². The van der Waals surface area contributed by atoms with Crippen molar-refractivity contribution >= 4 is 23.1 Å². The van der Waals surface area contributed by atoms with Crippen LogP contribution in [0.5, 0.6) is 0 Å². The molecule has 1 fully saturated rings. The molecule has 0 amide bonds. The molecule has 1 aromatic rings. The van der Waals surface area contributed by atoms with E-state index in [1.165, 1.54) is 0 Å². The van der Waals surface area contributed by atoms with Crippen LogP contribution in [0.2, 0.25) is 0 Å². The molecule has 21 heavy (non-hydrogen) atoms. The smallest absolute Gasteiger partial charge is 0.378 e. The first kappa shape index (κ1) is 15.9. The van der Waals surface area contributed by atoms with Gasteiger partial charge in [-0.1, -0.05) is 6.42 Å². The van der Waals surface area contributed by atoms with Crippen LogP contribution >= 0.6 is 11.8 Å². The van der Waals surface area contributed by atoms with Crippen molar-refractivity contribution < 1.29 is 18.1 Å². The average Bonchev–Trinajstić information content (AvgIpc) is 2.45. The summed E-state index contributed by atoms with van der Waals surface area (Å²) >= 11 is 1.74. The number of nitro groups is 1. The number of anilines is 1. The molecule has 0 radical (unpaired) electrons. The summed E-state index contributed by atoms with van der Waals surface area (Å²) in [6, 6.07) is 0.700. The van der Waals surface area contributed by atoms with Crippen molar-refractivity contribution in [2.24, 2.45) is 0 Å². The lowest BCUT2D eigenvalue weighted by Gasteiger charge is -2.22. The number of alkyl halides is 3. The first-order valence-electron chi connectivity index (χ1n) is 6.45.